The van der Waals surface area contributed by atoms with Gasteiger partial charge >= 0.3 is 0 Å². The number of nitrogens with zero attached hydrogens (tertiary/aromatic N) is 6. The zero-order valence-electron chi connectivity index (χ0n) is 16.1. The standard InChI is InChI=1S/C17H31N7S.HI/c1-4-15-20-17(25-21-15)24-11-9-23(10-12-24)16(18-5-2)19-13-14-7-6-8-22(14)3;/h14H,4-13H2,1-3H3,(H,18,19);1H. The molecule has 148 valence electrons. The fourth-order valence-corrected chi connectivity index (χ4v) is 4.26. The van der Waals surface area contributed by atoms with E-state index in [-0.39, 0.29) is 24.0 Å². The Bertz CT molecular complexity index is 571. The first kappa shape index (κ1) is 21.6. The summed E-state index contributed by atoms with van der Waals surface area (Å²) in [4.78, 5) is 16.7. The lowest BCUT2D eigenvalue weighted by Gasteiger charge is -2.36. The summed E-state index contributed by atoms with van der Waals surface area (Å²) in [6.07, 6.45) is 3.47. The van der Waals surface area contributed by atoms with Gasteiger partial charge in [0.15, 0.2) is 5.96 Å². The van der Waals surface area contributed by atoms with Crippen LogP contribution in [-0.2, 0) is 6.42 Å². The third-order valence-corrected chi connectivity index (χ3v) is 5.90. The van der Waals surface area contributed by atoms with Crippen LogP contribution in [0.5, 0.6) is 0 Å². The number of aliphatic imine (C=N–C) groups is 1. The van der Waals surface area contributed by atoms with Crippen molar-refractivity contribution in [3.63, 3.8) is 0 Å². The van der Waals surface area contributed by atoms with Gasteiger partial charge in [-0.1, -0.05) is 6.92 Å². The SMILES string of the molecule is CCNC(=NCC1CCCN1C)N1CCN(c2nc(CC)ns2)CC1.I. The zero-order chi connectivity index (χ0) is 17.6. The minimum atomic E-state index is 0. The van der Waals surface area contributed by atoms with Gasteiger partial charge in [0, 0.05) is 56.7 Å². The molecule has 3 heterocycles. The van der Waals surface area contributed by atoms with Crippen molar-refractivity contribution in [1.82, 2.24) is 24.5 Å². The van der Waals surface area contributed by atoms with Crippen molar-refractivity contribution in [2.45, 2.75) is 39.2 Å². The van der Waals surface area contributed by atoms with Crippen molar-refractivity contribution in [3.05, 3.63) is 5.82 Å². The van der Waals surface area contributed by atoms with E-state index in [0.717, 1.165) is 62.6 Å². The van der Waals surface area contributed by atoms with Gasteiger partial charge in [-0.05, 0) is 33.4 Å². The topological polar surface area (TPSA) is 59.9 Å². The predicted molar refractivity (Wildman–Crippen MR) is 120 cm³/mol. The number of rotatable bonds is 5. The lowest BCUT2D eigenvalue weighted by Crippen LogP contribution is -2.52. The largest absolute Gasteiger partial charge is 0.357 e. The van der Waals surface area contributed by atoms with Gasteiger partial charge in [0.05, 0.1) is 6.54 Å². The highest BCUT2D eigenvalue weighted by atomic mass is 127. The molecule has 0 aromatic carbocycles. The van der Waals surface area contributed by atoms with Crippen molar-refractivity contribution < 1.29 is 0 Å². The molecule has 7 nitrogen and oxygen atoms in total. The molecule has 1 N–H and O–H groups in total. The summed E-state index contributed by atoms with van der Waals surface area (Å²) < 4.78 is 4.41. The highest BCUT2D eigenvalue weighted by Gasteiger charge is 2.24. The van der Waals surface area contributed by atoms with Crippen LogP contribution in [0.3, 0.4) is 0 Å². The minimum absolute atomic E-state index is 0. The molecule has 1 unspecified atom stereocenters. The maximum atomic E-state index is 4.93. The number of anilines is 1. The monoisotopic (exact) mass is 493 g/mol. The molecule has 2 aliphatic rings. The Labute approximate surface area is 178 Å². The van der Waals surface area contributed by atoms with Crippen LogP contribution < -0.4 is 10.2 Å². The van der Waals surface area contributed by atoms with Crippen LogP contribution in [0.1, 0.15) is 32.5 Å². The van der Waals surface area contributed by atoms with E-state index in [1.165, 1.54) is 30.9 Å². The highest BCUT2D eigenvalue weighted by Crippen LogP contribution is 2.19. The van der Waals surface area contributed by atoms with Crippen molar-refractivity contribution in [1.29, 1.82) is 0 Å². The van der Waals surface area contributed by atoms with Gasteiger partial charge in [0.1, 0.15) is 5.82 Å². The molecule has 1 atom stereocenters. The quantitative estimate of drug-likeness (QED) is 0.384. The molecule has 1 aromatic heterocycles. The van der Waals surface area contributed by atoms with E-state index in [9.17, 15) is 0 Å². The molecule has 0 aliphatic carbocycles. The fourth-order valence-electron chi connectivity index (χ4n) is 3.45. The molecular weight excluding hydrogens is 461 g/mol. The lowest BCUT2D eigenvalue weighted by molar-refractivity contribution is 0.314. The number of aromatic nitrogens is 2. The molecule has 9 heteroatoms. The third-order valence-electron chi connectivity index (χ3n) is 5.08. The van der Waals surface area contributed by atoms with Gasteiger partial charge in [0.2, 0.25) is 5.13 Å². The average molecular weight is 493 g/mol. The summed E-state index contributed by atoms with van der Waals surface area (Å²) in [7, 11) is 2.21. The van der Waals surface area contributed by atoms with E-state index >= 15 is 0 Å². The Hall–Kier alpha value is -0.680. The Balaban J connectivity index is 0.00000243. The maximum Gasteiger partial charge on any atom is 0.205 e. The number of halogens is 1. The third kappa shape index (κ3) is 5.41. The first-order valence-corrected chi connectivity index (χ1v) is 10.3. The number of likely N-dealkylation sites (N-methyl/N-ethyl adjacent to an activating group) is 1. The molecule has 2 aliphatic heterocycles. The Morgan fingerprint density at radius 1 is 1.23 bits per heavy atom. The molecule has 0 amide bonds. The molecule has 26 heavy (non-hydrogen) atoms. The van der Waals surface area contributed by atoms with E-state index in [1.54, 1.807) is 0 Å². The summed E-state index contributed by atoms with van der Waals surface area (Å²) in [5, 5.41) is 4.53. The Morgan fingerprint density at radius 2 is 2.00 bits per heavy atom. The molecule has 2 fully saturated rings. The Kier molecular flexibility index (Phi) is 8.82. The number of hydrogen-bond acceptors (Lipinski definition) is 6. The van der Waals surface area contributed by atoms with E-state index in [1.807, 2.05) is 0 Å². The van der Waals surface area contributed by atoms with E-state index in [2.05, 4.69) is 50.3 Å². The smallest absolute Gasteiger partial charge is 0.205 e. The van der Waals surface area contributed by atoms with Crippen LogP contribution in [-0.4, -0.2) is 84.0 Å². The summed E-state index contributed by atoms with van der Waals surface area (Å²) in [6.45, 7) is 11.2. The fraction of sp³-hybridized carbons (Fsp3) is 0.824. The molecular formula is C17H32IN7S. The highest BCUT2D eigenvalue weighted by molar-refractivity contribution is 14.0. The average Bonchev–Trinajstić information content (AvgIpc) is 3.28. The second-order valence-corrected chi connectivity index (χ2v) is 7.52. The number of nitrogens with one attached hydrogen (secondary N) is 1. The summed E-state index contributed by atoms with van der Waals surface area (Å²) in [5.41, 5.74) is 0. The molecule has 0 spiro atoms. The van der Waals surface area contributed by atoms with Crippen molar-refractivity contribution in [2.75, 3.05) is 57.8 Å². The first-order chi connectivity index (χ1) is 12.2. The number of aryl methyl sites for hydroxylation is 1. The van der Waals surface area contributed by atoms with Crippen molar-refractivity contribution in [2.24, 2.45) is 4.99 Å². The normalized spacial score (nSPS) is 21.8. The van der Waals surface area contributed by atoms with Gasteiger partial charge in [-0.15, -0.1) is 24.0 Å². The van der Waals surface area contributed by atoms with Crippen LogP contribution in [0.25, 0.3) is 0 Å². The lowest BCUT2D eigenvalue weighted by atomic mass is 10.2. The van der Waals surface area contributed by atoms with Crippen molar-refractivity contribution >= 4 is 46.6 Å². The number of likely N-dealkylation sites (tertiary alicyclic amines) is 1. The van der Waals surface area contributed by atoms with E-state index in [0.29, 0.717) is 6.04 Å². The van der Waals surface area contributed by atoms with Crippen LogP contribution >= 0.6 is 35.5 Å². The Morgan fingerprint density at radius 3 is 2.58 bits per heavy atom. The molecule has 0 bridgehead atoms. The molecule has 2 saturated heterocycles. The van der Waals surface area contributed by atoms with E-state index in [4.69, 9.17) is 4.99 Å². The van der Waals surface area contributed by atoms with Gasteiger partial charge < -0.3 is 20.0 Å². The molecule has 3 rings (SSSR count). The summed E-state index contributed by atoms with van der Waals surface area (Å²) >= 11 is 1.52. The van der Waals surface area contributed by atoms with Crippen LogP contribution in [0.15, 0.2) is 4.99 Å². The second kappa shape index (κ2) is 10.6. The number of piperazine rings is 1. The zero-order valence-corrected chi connectivity index (χ0v) is 19.3. The first-order valence-electron chi connectivity index (χ1n) is 9.52. The van der Waals surface area contributed by atoms with Crippen LogP contribution in [0.4, 0.5) is 5.13 Å². The van der Waals surface area contributed by atoms with E-state index < -0.39 is 0 Å². The summed E-state index contributed by atoms with van der Waals surface area (Å²) in [6, 6.07) is 0.601. The van der Waals surface area contributed by atoms with Gasteiger partial charge in [0.25, 0.3) is 0 Å². The predicted octanol–water partition coefficient (Wildman–Crippen LogP) is 1.90. The molecule has 0 radical (unpaired) electrons. The van der Waals surface area contributed by atoms with Crippen molar-refractivity contribution in [3.8, 4) is 0 Å². The summed E-state index contributed by atoms with van der Waals surface area (Å²) in [5.74, 6) is 2.02. The minimum Gasteiger partial charge on any atom is -0.357 e. The van der Waals surface area contributed by atoms with Crippen LogP contribution in [0.2, 0.25) is 0 Å². The van der Waals surface area contributed by atoms with Crippen LogP contribution in [0, 0.1) is 0 Å². The van der Waals surface area contributed by atoms with Gasteiger partial charge in [-0.3, -0.25) is 4.99 Å². The second-order valence-electron chi connectivity index (χ2n) is 6.79. The number of hydrogen-bond donors (Lipinski definition) is 1. The van der Waals surface area contributed by atoms with Gasteiger partial charge in [-0.25, -0.2) is 4.98 Å². The number of guanidine groups is 1. The molecule has 0 saturated carbocycles. The maximum absolute atomic E-state index is 4.93. The molecule has 1 aromatic rings. The van der Waals surface area contributed by atoms with Gasteiger partial charge in [-0.2, -0.15) is 4.37 Å².